The molecule has 3 N–H and O–H groups in total. The van der Waals surface area contributed by atoms with Crippen LogP contribution >= 0.6 is 0 Å². The molecule has 0 bridgehead atoms. The predicted octanol–water partition coefficient (Wildman–Crippen LogP) is 4.86. The fraction of sp³-hybridized carbons (Fsp3) is 0.969. The molecule has 0 aromatic rings. The van der Waals surface area contributed by atoms with E-state index < -0.39 is 29.9 Å². The molecule has 0 aromatic carbocycles. The fourth-order valence-corrected chi connectivity index (χ4v) is 12.4. The Hall–Kier alpha value is -0.690. The van der Waals surface area contributed by atoms with Gasteiger partial charge in [0.1, 0.15) is 0 Å². The second-order valence-corrected chi connectivity index (χ2v) is 16.3. The molecule has 6 heteroatoms. The molecule has 0 radical (unpaired) electrons. The second kappa shape index (κ2) is 7.98. The van der Waals surface area contributed by atoms with E-state index in [1.165, 1.54) is 19.8 Å². The van der Waals surface area contributed by atoms with Crippen molar-refractivity contribution in [3.8, 4) is 0 Å². The highest BCUT2D eigenvalue weighted by Crippen LogP contribution is 2.89. The van der Waals surface area contributed by atoms with Gasteiger partial charge in [0, 0.05) is 12.3 Å². The van der Waals surface area contributed by atoms with Crippen LogP contribution in [0.25, 0.3) is 0 Å². The molecule has 1 heterocycles. The molecule has 1 saturated heterocycles. The summed E-state index contributed by atoms with van der Waals surface area (Å²) < 4.78 is 12.4. The number of aliphatic hydroxyl groups is 3. The van der Waals surface area contributed by atoms with E-state index in [1.807, 2.05) is 0 Å². The lowest BCUT2D eigenvalue weighted by Crippen LogP contribution is -2.59. The van der Waals surface area contributed by atoms with E-state index in [2.05, 4.69) is 34.6 Å². The summed E-state index contributed by atoms with van der Waals surface area (Å²) in [5, 5.41) is 34.2. The number of hydrogen-bond donors (Lipinski definition) is 3. The monoisotopic (exact) mass is 532 g/mol. The predicted molar refractivity (Wildman–Crippen MR) is 144 cm³/mol. The normalized spacial score (nSPS) is 55.4. The van der Waals surface area contributed by atoms with Crippen molar-refractivity contribution in [1.82, 2.24) is 0 Å². The van der Waals surface area contributed by atoms with E-state index in [4.69, 9.17) is 9.47 Å². The molecule has 5 saturated carbocycles. The SMILES string of the molecule is CC(=O)O[C@H]([C@H]1C[C@@H](C)[C@@H]2[C@H](O1)[C@H](O)[C@@]1(C)[C@@H]3CC[C@H]4C(C)(C)[C@@H](O)CC[C@@]45CC35CC[C@]21C)C(C)(C)O. The van der Waals surface area contributed by atoms with Gasteiger partial charge in [0.2, 0.25) is 0 Å². The van der Waals surface area contributed by atoms with Crippen molar-refractivity contribution in [2.24, 2.45) is 50.7 Å². The Labute approximate surface area is 229 Å². The molecule has 216 valence electrons. The van der Waals surface area contributed by atoms with Gasteiger partial charge in [0.15, 0.2) is 6.10 Å². The van der Waals surface area contributed by atoms with Crippen molar-refractivity contribution in [3.63, 3.8) is 0 Å². The smallest absolute Gasteiger partial charge is 0.303 e. The summed E-state index contributed by atoms with van der Waals surface area (Å²) in [6, 6.07) is 0. The van der Waals surface area contributed by atoms with E-state index in [0.29, 0.717) is 23.7 Å². The van der Waals surface area contributed by atoms with Gasteiger partial charge < -0.3 is 24.8 Å². The first-order valence-corrected chi connectivity index (χ1v) is 15.4. The zero-order valence-electron chi connectivity index (χ0n) is 24.9. The first kappa shape index (κ1) is 27.5. The van der Waals surface area contributed by atoms with Crippen LogP contribution in [-0.4, -0.2) is 57.4 Å². The van der Waals surface area contributed by atoms with Crippen molar-refractivity contribution in [2.75, 3.05) is 0 Å². The molecular weight excluding hydrogens is 480 g/mol. The Kier molecular flexibility index (Phi) is 5.77. The Morgan fingerprint density at radius 3 is 2.26 bits per heavy atom. The standard InChI is InChI=1S/C32H52O6/c1-17-15-19(26(28(5,6)36)37-18(2)33)38-24-23(17)29(7)13-14-32-16-31(32)12-11-22(34)27(3,4)20(31)9-10-21(32)30(29,8)25(24)35/h17,19-26,34-36H,9-16H2,1-8H3/t17-,19-,20+,21+,22+,23-,24+,25+,26-,29-,30-,31-,32?/m1/s1. The molecular formula is C32H52O6. The molecule has 2 spiro atoms. The molecule has 0 aromatic heterocycles. The van der Waals surface area contributed by atoms with E-state index in [-0.39, 0.29) is 45.7 Å². The molecule has 5 aliphatic carbocycles. The molecule has 6 fully saturated rings. The third-order valence-electron chi connectivity index (χ3n) is 14.1. The molecule has 38 heavy (non-hydrogen) atoms. The van der Waals surface area contributed by atoms with Crippen LogP contribution in [-0.2, 0) is 14.3 Å². The van der Waals surface area contributed by atoms with E-state index in [1.54, 1.807) is 13.8 Å². The minimum Gasteiger partial charge on any atom is -0.457 e. The van der Waals surface area contributed by atoms with Gasteiger partial charge in [-0.15, -0.1) is 0 Å². The van der Waals surface area contributed by atoms with Crippen LogP contribution in [0.15, 0.2) is 0 Å². The van der Waals surface area contributed by atoms with Crippen LogP contribution in [0.4, 0.5) is 0 Å². The number of carbonyl (C=O) groups is 1. The number of aliphatic hydroxyl groups excluding tert-OH is 2. The lowest BCUT2D eigenvalue weighted by molar-refractivity contribution is -0.216. The van der Waals surface area contributed by atoms with Crippen molar-refractivity contribution in [1.29, 1.82) is 0 Å². The van der Waals surface area contributed by atoms with Gasteiger partial charge in [-0.05, 0) is 111 Å². The summed E-state index contributed by atoms with van der Waals surface area (Å²) in [6.07, 6.45) is 6.19. The number of ether oxygens (including phenoxy) is 2. The molecule has 1 aliphatic heterocycles. The van der Waals surface area contributed by atoms with Gasteiger partial charge in [-0.2, -0.15) is 0 Å². The van der Waals surface area contributed by atoms with Crippen molar-refractivity contribution in [3.05, 3.63) is 0 Å². The average Bonchev–Trinajstić information content (AvgIpc) is 3.44. The zero-order chi connectivity index (χ0) is 27.8. The first-order chi connectivity index (χ1) is 17.5. The lowest BCUT2D eigenvalue weighted by atomic mass is 9.41. The summed E-state index contributed by atoms with van der Waals surface area (Å²) in [7, 11) is 0. The Morgan fingerprint density at radius 2 is 1.63 bits per heavy atom. The highest BCUT2D eigenvalue weighted by molar-refractivity contribution is 5.66. The van der Waals surface area contributed by atoms with Gasteiger partial charge in [-0.1, -0.05) is 34.6 Å². The van der Waals surface area contributed by atoms with Crippen molar-refractivity contribution < 1.29 is 29.6 Å². The molecule has 1 unspecified atom stereocenters. The third-order valence-corrected chi connectivity index (χ3v) is 14.1. The van der Waals surface area contributed by atoms with E-state index in [9.17, 15) is 20.1 Å². The summed E-state index contributed by atoms with van der Waals surface area (Å²) in [5.74, 6) is 1.09. The van der Waals surface area contributed by atoms with Gasteiger partial charge in [-0.25, -0.2) is 0 Å². The van der Waals surface area contributed by atoms with Crippen LogP contribution in [0.1, 0.15) is 107 Å². The Bertz CT molecular complexity index is 1000. The summed E-state index contributed by atoms with van der Waals surface area (Å²) >= 11 is 0. The van der Waals surface area contributed by atoms with Crippen molar-refractivity contribution in [2.45, 2.75) is 143 Å². The Balaban J connectivity index is 1.35. The molecule has 0 amide bonds. The number of esters is 1. The van der Waals surface area contributed by atoms with Crippen molar-refractivity contribution >= 4 is 5.97 Å². The maximum absolute atomic E-state index is 12.3. The quantitative estimate of drug-likeness (QED) is 0.449. The summed E-state index contributed by atoms with van der Waals surface area (Å²) in [5.41, 5.74) is -1.01. The first-order valence-electron chi connectivity index (χ1n) is 15.4. The van der Waals surface area contributed by atoms with Gasteiger partial charge in [0.05, 0.1) is 30.0 Å². The van der Waals surface area contributed by atoms with E-state index >= 15 is 0 Å². The highest BCUT2D eigenvalue weighted by Gasteiger charge is 2.84. The van der Waals surface area contributed by atoms with E-state index in [0.717, 1.165) is 32.1 Å². The average molecular weight is 533 g/mol. The number of rotatable bonds is 3. The summed E-state index contributed by atoms with van der Waals surface area (Å²) in [4.78, 5) is 11.9. The lowest BCUT2D eigenvalue weighted by Gasteiger charge is -2.63. The number of hydrogen-bond acceptors (Lipinski definition) is 6. The highest BCUT2D eigenvalue weighted by atomic mass is 16.6. The minimum atomic E-state index is -1.24. The van der Waals surface area contributed by atoms with Crippen LogP contribution in [0.2, 0.25) is 0 Å². The molecule has 6 aliphatic rings. The minimum absolute atomic E-state index is 0.0383. The second-order valence-electron chi connectivity index (χ2n) is 16.3. The topological polar surface area (TPSA) is 96.2 Å². The zero-order valence-corrected chi connectivity index (χ0v) is 24.9. The Morgan fingerprint density at radius 1 is 1.00 bits per heavy atom. The third kappa shape index (κ3) is 3.13. The van der Waals surface area contributed by atoms with Crippen LogP contribution in [0.3, 0.4) is 0 Å². The van der Waals surface area contributed by atoms with Gasteiger partial charge in [0.25, 0.3) is 0 Å². The van der Waals surface area contributed by atoms with Gasteiger partial charge >= 0.3 is 5.97 Å². The molecule has 6 nitrogen and oxygen atoms in total. The fourth-order valence-electron chi connectivity index (χ4n) is 12.4. The van der Waals surface area contributed by atoms with Crippen LogP contribution in [0, 0.1) is 50.7 Å². The largest absolute Gasteiger partial charge is 0.457 e. The van der Waals surface area contributed by atoms with Gasteiger partial charge in [-0.3, -0.25) is 4.79 Å². The summed E-state index contributed by atoms with van der Waals surface area (Å²) in [6.45, 7) is 16.4. The number of fused-ring (bicyclic) bond motifs is 4. The number of carbonyl (C=O) groups excluding carboxylic acids is 1. The van der Waals surface area contributed by atoms with Crippen LogP contribution < -0.4 is 0 Å². The maximum Gasteiger partial charge on any atom is 0.303 e. The molecule has 13 atom stereocenters. The molecule has 6 rings (SSSR count). The maximum atomic E-state index is 12.3. The van der Waals surface area contributed by atoms with Crippen LogP contribution in [0.5, 0.6) is 0 Å².